The summed E-state index contributed by atoms with van der Waals surface area (Å²) in [6.45, 7) is 1.91. The maximum atomic E-state index is 9.63. The van der Waals surface area contributed by atoms with Gasteiger partial charge in [-0.05, 0) is 40.0 Å². The number of rotatable bonds is 4. The van der Waals surface area contributed by atoms with Crippen molar-refractivity contribution in [3.8, 4) is 5.75 Å². The van der Waals surface area contributed by atoms with Gasteiger partial charge in [-0.1, -0.05) is 13.0 Å². The Morgan fingerprint density at radius 3 is 2.67 bits per heavy atom. The first kappa shape index (κ1) is 12.5. The molecule has 0 saturated carbocycles. The van der Waals surface area contributed by atoms with Crippen LogP contribution in [-0.2, 0) is 0 Å². The average Bonchev–Trinajstić information content (AvgIpc) is 2.26. The van der Waals surface area contributed by atoms with E-state index in [9.17, 15) is 5.11 Å². The molecule has 0 radical (unpaired) electrons. The lowest BCUT2D eigenvalue weighted by Gasteiger charge is -2.18. The second kappa shape index (κ2) is 5.49. The molecule has 0 unspecified atom stereocenters. The van der Waals surface area contributed by atoms with Gasteiger partial charge in [-0.2, -0.15) is 0 Å². The first-order valence-electron chi connectivity index (χ1n) is 4.87. The quantitative estimate of drug-likeness (QED) is 0.885. The highest BCUT2D eigenvalue weighted by molar-refractivity contribution is 9.10. The third-order valence-electron chi connectivity index (χ3n) is 2.39. The topological polar surface area (TPSA) is 55.5 Å². The van der Waals surface area contributed by atoms with E-state index in [4.69, 9.17) is 10.5 Å². The van der Waals surface area contributed by atoms with Crippen LogP contribution in [0.25, 0.3) is 0 Å². The fraction of sp³-hybridized carbons (Fsp3) is 0.455. The maximum absolute atomic E-state index is 9.63. The molecule has 3 N–H and O–H groups in total. The summed E-state index contributed by atoms with van der Waals surface area (Å²) in [5, 5.41) is 9.63. The molecular weight excluding hydrogens is 258 g/mol. The van der Waals surface area contributed by atoms with E-state index in [-0.39, 0.29) is 6.04 Å². The molecule has 0 heterocycles. The molecule has 0 bridgehead atoms. The Labute approximate surface area is 98.4 Å². The number of hydrogen-bond donors (Lipinski definition) is 2. The number of nitrogens with two attached hydrogens (primary N) is 1. The van der Waals surface area contributed by atoms with E-state index in [2.05, 4.69) is 15.9 Å². The Morgan fingerprint density at radius 1 is 1.53 bits per heavy atom. The number of halogens is 1. The van der Waals surface area contributed by atoms with E-state index in [0.29, 0.717) is 6.42 Å². The molecule has 84 valence electrons. The van der Waals surface area contributed by atoms with E-state index in [1.54, 1.807) is 7.11 Å². The van der Waals surface area contributed by atoms with Gasteiger partial charge >= 0.3 is 0 Å². The van der Waals surface area contributed by atoms with Crippen molar-refractivity contribution in [2.75, 3.05) is 7.11 Å². The number of ether oxygens (including phenoxy) is 1. The third kappa shape index (κ3) is 2.93. The molecule has 0 fully saturated rings. The minimum Gasteiger partial charge on any atom is -0.496 e. The second-order valence-electron chi connectivity index (χ2n) is 3.40. The van der Waals surface area contributed by atoms with Crippen molar-refractivity contribution in [2.24, 2.45) is 5.73 Å². The highest BCUT2D eigenvalue weighted by atomic mass is 79.9. The molecule has 3 nitrogen and oxygen atoms in total. The Bertz CT molecular complexity index is 330. The van der Waals surface area contributed by atoms with Gasteiger partial charge < -0.3 is 15.6 Å². The largest absolute Gasteiger partial charge is 0.496 e. The van der Waals surface area contributed by atoms with Gasteiger partial charge in [-0.15, -0.1) is 0 Å². The van der Waals surface area contributed by atoms with Crippen LogP contribution in [0.1, 0.15) is 24.9 Å². The fourth-order valence-electron chi connectivity index (χ4n) is 1.37. The van der Waals surface area contributed by atoms with Crippen LogP contribution in [0.3, 0.4) is 0 Å². The van der Waals surface area contributed by atoms with Crippen LogP contribution in [0.4, 0.5) is 0 Å². The number of methoxy groups -OCH3 is 1. The zero-order valence-corrected chi connectivity index (χ0v) is 10.5. The molecule has 0 aromatic heterocycles. The summed E-state index contributed by atoms with van der Waals surface area (Å²) >= 11 is 3.38. The van der Waals surface area contributed by atoms with E-state index >= 15 is 0 Å². The van der Waals surface area contributed by atoms with Crippen LogP contribution in [0.15, 0.2) is 22.7 Å². The van der Waals surface area contributed by atoms with Crippen LogP contribution < -0.4 is 10.5 Å². The van der Waals surface area contributed by atoms with Crippen molar-refractivity contribution in [3.63, 3.8) is 0 Å². The number of aliphatic hydroxyl groups excluding tert-OH is 1. The molecular formula is C11H16BrNO2. The van der Waals surface area contributed by atoms with Crippen molar-refractivity contribution in [1.82, 2.24) is 0 Å². The van der Waals surface area contributed by atoms with Gasteiger partial charge in [0.25, 0.3) is 0 Å². The van der Waals surface area contributed by atoms with Crippen LogP contribution in [-0.4, -0.2) is 18.3 Å². The first-order chi connectivity index (χ1) is 7.10. The zero-order chi connectivity index (χ0) is 11.4. The number of benzene rings is 1. The summed E-state index contributed by atoms with van der Waals surface area (Å²) in [6.07, 6.45) is 0.135. The number of hydrogen-bond acceptors (Lipinski definition) is 3. The summed E-state index contributed by atoms with van der Waals surface area (Å²) in [5.74, 6) is 0.761. The van der Waals surface area contributed by atoms with Crippen molar-refractivity contribution < 1.29 is 9.84 Å². The maximum Gasteiger partial charge on any atom is 0.133 e. The van der Waals surface area contributed by atoms with Crippen molar-refractivity contribution >= 4 is 15.9 Å². The second-order valence-corrected chi connectivity index (χ2v) is 4.25. The van der Waals surface area contributed by atoms with E-state index < -0.39 is 6.10 Å². The molecule has 15 heavy (non-hydrogen) atoms. The molecule has 0 spiro atoms. The molecule has 0 aliphatic heterocycles. The van der Waals surface area contributed by atoms with Gasteiger partial charge in [0.05, 0.1) is 23.7 Å². The summed E-state index contributed by atoms with van der Waals surface area (Å²) in [5.41, 5.74) is 6.80. The van der Waals surface area contributed by atoms with E-state index in [1.807, 2.05) is 25.1 Å². The highest BCUT2D eigenvalue weighted by Crippen LogP contribution is 2.28. The summed E-state index contributed by atoms with van der Waals surface area (Å²) < 4.78 is 5.96. The SMILES string of the molecule is CC[C@@H](O)[C@@H](N)c1ccc(OC)c(Br)c1. The Kier molecular flexibility index (Phi) is 4.57. The molecule has 0 amide bonds. The molecule has 4 heteroatoms. The average molecular weight is 274 g/mol. The normalized spacial score (nSPS) is 14.7. The Hall–Kier alpha value is -0.580. The first-order valence-corrected chi connectivity index (χ1v) is 5.66. The van der Waals surface area contributed by atoms with Crippen LogP contribution in [0.2, 0.25) is 0 Å². The van der Waals surface area contributed by atoms with Gasteiger partial charge in [0, 0.05) is 0 Å². The van der Waals surface area contributed by atoms with E-state index in [1.165, 1.54) is 0 Å². The third-order valence-corrected chi connectivity index (χ3v) is 3.01. The molecule has 1 rings (SSSR count). The fourth-order valence-corrected chi connectivity index (χ4v) is 1.92. The van der Waals surface area contributed by atoms with Crippen molar-refractivity contribution in [3.05, 3.63) is 28.2 Å². The van der Waals surface area contributed by atoms with E-state index in [0.717, 1.165) is 15.8 Å². The van der Waals surface area contributed by atoms with Gasteiger partial charge in [0.2, 0.25) is 0 Å². The zero-order valence-electron chi connectivity index (χ0n) is 8.90. The standard InChI is InChI=1S/C11H16BrNO2/c1-3-9(14)11(13)7-4-5-10(15-2)8(12)6-7/h4-6,9,11,14H,3,13H2,1-2H3/t9-,11+/m1/s1. The molecule has 2 atom stereocenters. The predicted molar refractivity (Wildman–Crippen MR) is 63.9 cm³/mol. The Balaban J connectivity index is 2.92. The monoisotopic (exact) mass is 273 g/mol. The smallest absolute Gasteiger partial charge is 0.133 e. The van der Waals surface area contributed by atoms with Gasteiger partial charge in [0.15, 0.2) is 0 Å². The molecule has 0 saturated heterocycles. The Morgan fingerprint density at radius 2 is 2.20 bits per heavy atom. The number of aliphatic hydroxyl groups is 1. The lowest BCUT2D eigenvalue weighted by molar-refractivity contribution is 0.140. The van der Waals surface area contributed by atoms with Crippen LogP contribution in [0, 0.1) is 0 Å². The van der Waals surface area contributed by atoms with Crippen molar-refractivity contribution in [1.29, 1.82) is 0 Å². The summed E-state index contributed by atoms with van der Waals surface area (Å²) in [6, 6.07) is 5.23. The predicted octanol–water partition coefficient (Wildman–Crippen LogP) is 2.23. The van der Waals surface area contributed by atoms with Crippen LogP contribution >= 0.6 is 15.9 Å². The van der Waals surface area contributed by atoms with Gasteiger partial charge in [-0.3, -0.25) is 0 Å². The molecule has 0 aliphatic rings. The summed E-state index contributed by atoms with van der Waals surface area (Å²) in [4.78, 5) is 0. The van der Waals surface area contributed by atoms with Gasteiger partial charge in [0.1, 0.15) is 5.75 Å². The lowest BCUT2D eigenvalue weighted by atomic mass is 10.0. The van der Waals surface area contributed by atoms with Crippen LogP contribution in [0.5, 0.6) is 5.75 Å². The minimum absolute atomic E-state index is 0.350. The van der Waals surface area contributed by atoms with Crippen molar-refractivity contribution in [2.45, 2.75) is 25.5 Å². The lowest BCUT2D eigenvalue weighted by Crippen LogP contribution is -2.25. The summed E-state index contributed by atoms with van der Waals surface area (Å²) in [7, 11) is 1.61. The molecule has 0 aliphatic carbocycles. The molecule has 1 aromatic carbocycles. The minimum atomic E-state index is -0.509. The van der Waals surface area contributed by atoms with Gasteiger partial charge in [-0.25, -0.2) is 0 Å². The molecule has 1 aromatic rings. The highest BCUT2D eigenvalue weighted by Gasteiger charge is 2.15.